The molecule has 0 aliphatic rings. The summed E-state index contributed by atoms with van der Waals surface area (Å²) in [5.74, 6) is -0.187. The van der Waals surface area contributed by atoms with E-state index < -0.39 is 5.97 Å². The molecule has 1 aromatic carbocycles. The molecule has 0 spiro atoms. The Labute approximate surface area is 124 Å². The van der Waals surface area contributed by atoms with Gasteiger partial charge >= 0.3 is 5.97 Å². The Balaban J connectivity index is 2.10. The molecule has 0 aliphatic carbocycles. The minimum absolute atomic E-state index is 0.0254. The van der Waals surface area contributed by atoms with Crippen molar-refractivity contribution >= 4 is 39.9 Å². The van der Waals surface area contributed by atoms with Gasteiger partial charge in [-0.25, -0.2) is 0 Å². The van der Waals surface area contributed by atoms with Crippen molar-refractivity contribution in [3.63, 3.8) is 0 Å². The highest BCUT2D eigenvalue weighted by atomic mass is 32.2. The monoisotopic (exact) mass is 311 g/mol. The third kappa shape index (κ3) is 3.84. The molecule has 106 valence electrons. The van der Waals surface area contributed by atoms with E-state index >= 15 is 0 Å². The number of carboxylic acids is 1. The van der Waals surface area contributed by atoms with Crippen LogP contribution in [0, 0.1) is 6.92 Å². The highest BCUT2D eigenvalue weighted by Gasteiger charge is 2.09. The van der Waals surface area contributed by atoms with Gasteiger partial charge in [0, 0.05) is 0 Å². The van der Waals surface area contributed by atoms with Crippen molar-refractivity contribution in [3.8, 4) is 5.75 Å². The van der Waals surface area contributed by atoms with E-state index in [9.17, 15) is 4.79 Å². The van der Waals surface area contributed by atoms with Crippen molar-refractivity contribution in [1.29, 1.82) is 0 Å². The Morgan fingerprint density at radius 2 is 2.30 bits per heavy atom. The predicted molar refractivity (Wildman–Crippen MR) is 79.3 cm³/mol. The third-order valence-electron chi connectivity index (χ3n) is 2.32. The van der Waals surface area contributed by atoms with Crippen molar-refractivity contribution < 1.29 is 14.6 Å². The number of thioether (sulfide) groups is 1. The van der Waals surface area contributed by atoms with E-state index in [4.69, 9.17) is 9.84 Å². The normalized spacial score (nSPS) is 10.3. The maximum atomic E-state index is 10.5. The summed E-state index contributed by atoms with van der Waals surface area (Å²) in [7, 11) is 1.60. The number of nitrogens with one attached hydrogen (secondary N) is 1. The molecule has 20 heavy (non-hydrogen) atoms. The van der Waals surface area contributed by atoms with Gasteiger partial charge in [-0.2, -0.15) is 0 Å². The van der Waals surface area contributed by atoms with Crippen LogP contribution in [0.5, 0.6) is 5.75 Å². The van der Waals surface area contributed by atoms with E-state index in [1.165, 1.54) is 11.3 Å². The highest BCUT2D eigenvalue weighted by Crippen LogP contribution is 2.32. The SMILES string of the molecule is COc1ccc(C)cc1Nc1nnc(SCC(=O)O)s1. The van der Waals surface area contributed by atoms with Crippen molar-refractivity contribution in [2.45, 2.75) is 11.3 Å². The average Bonchev–Trinajstić information content (AvgIpc) is 2.84. The highest BCUT2D eigenvalue weighted by molar-refractivity contribution is 8.01. The van der Waals surface area contributed by atoms with Crippen molar-refractivity contribution in [2.75, 3.05) is 18.2 Å². The van der Waals surface area contributed by atoms with Gasteiger partial charge in [-0.05, 0) is 24.6 Å². The lowest BCUT2D eigenvalue weighted by Gasteiger charge is -2.09. The standard InChI is InChI=1S/C12H13N3O3S2/c1-7-3-4-9(18-2)8(5-7)13-11-14-15-12(20-11)19-6-10(16)17/h3-5H,6H2,1-2H3,(H,13,14)(H,16,17). The second-order valence-corrected chi connectivity index (χ2v) is 6.08. The zero-order chi connectivity index (χ0) is 14.5. The minimum Gasteiger partial charge on any atom is -0.495 e. The van der Waals surface area contributed by atoms with Crippen LogP contribution in [0.4, 0.5) is 10.8 Å². The Bertz CT molecular complexity index is 616. The molecule has 1 aromatic heterocycles. The van der Waals surface area contributed by atoms with Crippen molar-refractivity contribution in [1.82, 2.24) is 10.2 Å². The Hall–Kier alpha value is -1.80. The molecule has 0 bridgehead atoms. The molecule has 0 atom stereocenters. The van der Waals surface area contributed by atoms with Gasteiger partial charge in [0.1, 0.15) is 5.75 Å². The fraction of sp³-hybridized carbons (Fsp3) is 0.250. The van der Waals surface area contributed by atoms with E-state index in [0.29, 0.717) is 15.2 Å². The van der Waals surface area contributed by atoms with E-state index in [1.54, 1.807) is 7.11 Å². The maximum absolute atomic E-state index is 10.5. The van der Waals surface area contributed by atoms with Crippen LogP contribution in [0.1, 0.15) is 5.56 Å². The summed E-state index contributed by atoms with van der Waals surface area (Å²) >= 11 is 2.45. The van der Waals surface area contributed by atoms with Crippen LogP contribution in [-0.4, -0.2) is 34.1 Å². The predicted octanol–water partition coefficient (Wildman–Crippen LogP) is 2.78. The molecule has 0 saturated heterocycles. The number of benzene rings is 1. The molecule has 0 aliphatic heterocycles. The molecule has 0 radical (unpaired) electrons. The molecular formula is C12H13N3O3S2. The van der Waals surface area contributed by atoms with Crippen molar-refractivity contribution in [2.24, 2.45) is 0 Å². The first kappa shape index (κ1) is 14.6. The number of aromatic nitrogens is 2. The number of carboxylic acid groups (broad SMARTS) is 1. The third-order valence-corrected chi connectivity index (χ3v) is 4.28. The molecule has 8 heteroatoms. The topological polar surface area (TPSA) is 84.3 Å². The second-order valence-electron chi connectivity index (χ2n) is 3.88. The number of aryl methyl sites for hydroxylation is 1. The first-order chi connectivity index (χ1) is 9.58. The number of hydrogen-bond acceptors (Lipinski definition) is 7. The Kier molecular flexibility index (Phi) is 4.80. The maximum Gasteiger partial charge on any atom is 0.313 e. The number of anilines is 2. The summed E-state index contributed by atoms with van der Waals surface area (Å²) in [6.07, 6.45) is 0. The van der Waals surface area contributed by atoms with Crippen LogP contribution < -0.4 is 10.1 Å². The zero-order valence-electron chi connectivity index (χ0n) is 10.9. The fourth-order valence-electron chi connectivity index (χ4n) is 1.48. The van der Waals surface area contributed by atoms with Crippen LogP contribution in [-0.2, 0) is 4.79 Å². The quantitative estimate of drug-likeness (QED) is 0.793. The van der Waals surface area contributed by atoms with Crippen LogP contribution in [0.2, 0.25) is 0 Å². The van der Waals surface area contributed by atoms with Gasteiger partial charge < -0.3 is 15.2 Å². The minimum atomic E-state index is -0.875. The number of hydrogen-bond donors (Lipinski definition) is 2. The molecule has 6 nitrogen and oxygen atoms in total. The van der Waals surface area contributed by atoms with E-state index in [1.807, 2.05) is 25.1 Å². The van der Waals surface area contributed by atoms with Crippen LogP contribution in [0.3, 0.4) is 0 Å². The lowest BCUT2D eigenvalue weighted by atomic mass is 10.2. The number of aliphatic carboxylic acids is 1. The van der Waals surface area contributed by atoms with E-state index in [2.05, 4.69) is 15.5 Å². The molecule has 0 fully saturated rings. The second kappa shape index (κ2) is 6.58. The fourth-order valence-corrected chi connectivity index (χ4v) is 2.96. The largest absolute Gasteiger partial charge is 0.495 e. The molecule has 2 aromatic rings. The van der Waals surface area contributed by atoms with Crippen molar-refractivity contribution in [3.05, 3.63) is 23.8 Å². The summed E-state index contributed by atoms with van der Waals surface area (Å²) in [6, 6.07) is 5.78. The summed E-state index contributed by atoms with van der Waals surface area (Å²) in [4.78, 5) is 10.5. The van der Waals surface area contributed by atoms with Crippen LogP contribution >= 0.6 is 23.1 Å². The molecule has 1 heterocycles. The zero-order valence-corrected chi connectivity index (χ0v) is 12.5. The van der Waals surface area contributed by atoms with Gasteiger partial charge in [0.25, 0.3) is 0 Å². The van der Waals surface area contributed by atoms with Gasteiger partial charge in [-0.3, -0.25) is 4.79 Å². The van der Waals surface area contributed by atoms with E-state index in [-0.39, 0.29) is 5.75 Å². The number of nitrogens with zero attached hydrogens (tertiary/aromatic N) is 2. The number of methoxy groups -OCH3 is 1. The van der Waals surface area contributed by atoms with E-state index in [0.717, 1.165) is 23.0 Å². The van der Waals surface area contributed by atoms with Gasteiger partial charge in [-0.15, -0.1) is 10.2 Å². The molecule has 0 amide bonds. The van der Waals surface area contributed by atoms with Gasteiger partial charge in [0.2, 0.25) is 5.13 Å². The molecule has 0 saturated carbocycles. The summed E-state index contributed by atoms with van der Waals surface area (Å²) in [5, 5.41) is 20.3. The first-order valence-corrected chi connectivity index (χ1v) is 7.48. The average molecular weight is 311 g/mol. The van der Waals surface area contributed by atoms with Gasteiger partial charge in [-0.1, -0.05) is 29.2 Å². The molecular weight excluding hydrogens is 298 g/mol. The molecule has 0 unspecified atom stereocenters. The Morgan fingerprint density at radius 3 is 3.00 bits per heavy atom. The number of rotatable bonds is 6. The summed E-state index contributed by atoms with van der Waals surface area (Å²) in [5.41, 5.74) is 1.90. The lowest BCUT2D eigenvalue weighted by Crippen LogP contribution is -1.96. The Morgan fingerprint density at radius 1 is 1.50 bits per heavy atom. The smallest absolute Gasteiger partial charge is 0.313 e. The number of carbonyl (C=O) groups is 1. The van der Waals surface area contributed by atoms with Crippen LogP contribution in [0.25, 0.3) is 0 Å². The summed E-state index contributed by atoms with van der Waals surface area (Å²) < 4.78 is 5.88. The summed E-state index contributed by atoms with van der Waals surface area (Å²) in [6.45, 7) is 1.98. The van der Waals surface area contributed by atoms with Crippen LogP contribution in [0.15, 0.2) is 22.5 Å². The molecule has 2 rings (SSSR count). The van der Waals surface area contributed by atoms with Gasteiger partial charge in [0.05, 0.1) is 18.6 Å². The first-order valence-electron chi connectivity index (χ1n) is 5.68. The van der Waals surface area contributed by atoms with Gasteiger partial charge in [0.15, 0.2) is 4.34 Å². The number of ether oxygens (including phenoxy) is 1. The molecule has 2 N–H and O–H groups in total. The lowest BCUT2D eigenvalue weighted by molar-refractivity contribution is -0.133.